The molecule has 0 radical (unpaired) electrons. The summed E-state index contributed by atoms with van der Waals surface area (Å²) >= 11 is 1.84. The van der Waals surface area contributed by atoms with Gasteiger partial charge in [-0.3, -0.25) is 0 Å². The molecule has 1 aromatic heterocycles. The molecule has 52 heavy (non-hydrogen) atoms. The van der Waals surface area contributed by atoms with Crippen molar-refractivity contribution < 1.29 is 0 Å². The van der Waals surface area contributed by atoms with E-state index in [4.69, 9.17) is 9.97 Å². The topological polar surface area (TPSA) is 49.6 Å². The summed E-state index contributed by atoms with van der Waals surface area (Å²) in [5.41, 5.74) is 14.7. The molecule has 0 N–H and O–H groups in total. The van der Waals surface area contributed by atoms with E-state index in [1.807, 2.05) is 48.2 Å². The fourth-order valence-electron chi connectivity index (χ4n) is 8.05. The van der Waals surface area contributed by atoms with Gasteiger partial charge in [0.1, 0.15) is 0 Å². The minimum atomic E-state index is -0.556. The number of aromatic nitrogens is 2. The van der Waals surface area contributed by atoms with Crippen LogP contribution in [0, 0.1) is 11.3 Å². The molecule has 1 aliphatic heterocycles. The number of benzene rings is 7. The van der Waals surface area contributed by atoms with E-state index < -0.39 is 5.41 Å². The standard InChI is InChI=1S/C48H29N3S/c49-30-31-19-21-32(22-20-31)35-24-26-46-42(27-35)48(40-17-9-10-18-45(40)52-46)39-16-8-7-15-37(39)38-25-23-36(28-41(38)48)44-29-43(33-11-3-1-4-12-33)50-47(51-44)34-13-5-2-6-14-34/h1-29H. The Balaban J connectivity index is 1.24. The van der Waals surface area contributed by atoms with Crippen LogP contribution >= 0.6 is 11.8 Å². The summed E-state index contributed by atoms with van der Waals surface area (Å²) in [6.45, 7) is 0. The van der Waals surface area contributed by atoms with Crippen LogP contribution in [0.3, 0.4) is 0 Å². The normalized spacial score (nSPS) is 14.9. The fraction of sp³-hybridized carbons (Fsp3) is 0.0208. The molecule has 4 heteroatoms. The number of rotatable bonds is 4. The van der Waals surface area contributed by atoms with Gasteiger partial charge in [-0.1, -0.05) is 145 Å². The zero-order chi connectivity index (χ0) is 34.6. The maximum absolute atomic E-state index is 9.47. The van der Waals surface area contributed by atoms with Crippen LogP contribution in [-0.2, 0) is 5.41 Å². The van der Waals surface area contributed by atoms with Crippen molar-refractivity contribution in [3.05, 3.63) is 204 Å². The Morgan fingerprint density at radius 1 is 0.423 bits per heavy atom. The van der Waals surface area contributed by atoms with Crippen LogP contribution in [0.4, 0.5) is 0 Å². The zero-order valence-corrected chi connectivity index (χ0v) is 28.8. The largest absolute Gasteiger partial charge is 0.228 e. The van der Waals surface area contributed by atoms with Crippen molar-refractivity contribution in [3.8, 4) is 62.2 Å². The number of hydrogen-bond donors (Lipinski definition) is 0. The molecule has 242 valence electrons. The van der Waals surface area contributed by atoms with E-state index in [2.05, 4.69) is 146 Å². The van der Waals surface area contributed by atoms with Crippen molar-refractivity contribution in [1.82, 2.24) is 9.97 Å². The van der Waals surface area contributed by atoms with E-state index in [9.17, 15) is 5.26 Å². The van der Waals surface area contributed by atoms with E-state index >= 15 is 0 Å². The van der Waals surface area contributed by atoms with Crippen LogP contribution in [0.1, 0.15) is 27.8 Å². The summed E-state index contributed by atoms with van der Waals surface area (Å²) in [6.07, 6.45) is 0. The summed E-state index contributed by atoms with van der Waals surface area (Å²) in [5, 5.41) is 9.47. The quantitative estimate of drug-likeness (QED) is 0.186. The molecule has 2 aliphatic rings. The Labute approximate surface area is 307 Å². The second kappa shape index (κ2) is 12.1. The van der Waals surface area contributed by atoms with Crippen molar-refractivity contribution in [2.24, 2.45) is 0 Å². The van der Waals surface area contributed by atoms with Crippen LogP contribution in [0.2, 0.25) is 0 Å². The van der Waals surface area contributed by atoms with Crippen molar-refractivity contribution in [2.45, 2.75) is 15.2 Å². The molecule has 0 fully saturated rings. The third-order valence-electron chi connectivity index (χ3n) is 10.4. The first-order valence-electron chi connectivity index (χ1n) is 17.4. The van der Waals surface area contributed by atoms with E-state index in [1.54, 1.807) is 0 Å². The minimum absolute atomic E-state index is 0.556. The smallest absolute Gasteiger partial charge is 0.160 e. The van der Waals surface area contributed by atoms with Gasteiger partial charge in [-0.25, -0.2) is 9.97 Å². The molecule has 1 spiro atoms. The lowest BCUT2D eigenvalue weighted by atomic mass is 9.66. The van der Waals surface area contributed by atoms with E-state index in [0.717, 1.165) is 39.2 Å². The Hall–Kier alpha value is -6.54. The predicted molar refractivity (Wildman–Crippen MR) is 210 cm³/mol. The Morgan fingerprint density at radius 3 is 1.77 bits per heavy atom. The molecular weight excluding hydrogens is 651 g/mol. The maximum atomic E-state index is 9.47. The highest BCUT2D eigenvalue weighted by Gasteiger charge is 2.50. The van der Waals surface area contributed by atoms with Crippen LogP contribution in [0.15, 0.2) is 186 Å². The van der Waals surface area contributed by atoms with Crippen LogP contribution in [0.25, 0.3) is 56.2 Å². The molecule has 1 atom stereocenters. The zero-order valence-electron chi connectivity index (χ0n) is 28.0. The molecule has 10 rings (SSSR count). The highest BCUT2D eigenvalue weighted by atomic mass is 32.2. The molecule has 7 aromatic carbocycles. The minimum Gasteiger partial charge on any atom is -0.228 e. The third kappa shape index (κ3) is 4.67. The average Bonchev–Trinajstić information content (AvgIpc) is 3.51. The summed E-state index contributed by atoms with van der Waals surface area (Å²) in [7, 11) is 0. The molecule has 0 saturated carbocycles. The fourth-order valence-corrected chi connectivity index (χ4v) is 9.22. The Bertz CT molecular complexity index is 2660. The Morgan fingerprint density at radius 2 is 1.00 bits per heavy atom. The molecule has 1 unspecified atom stereocenters. The molecule has 0 bridgehead atoms. The second-order valence-electron chi connectivity index (χ2n) is 13.2. The molecule has 1 aliphatic carbocycles. The van der Waals surface area contributed by atoms with Gasteiger partial charge in [0, 0.05) is 26.5 Å². The molecule has 2 heterocycles. The molecule has 0 saturated heterocycles. The van der Waals surface area contributed by atoms with Crippen molar-refractivity contribution in [1.29, 1.82) is 5.26 Å². The van der Waals surface area contributed by atoms with Gasteiger partial charge >= 0.3 is 0 Å². The van der Waals surface area contributed by atoms with Gasteiger partial charge in [0.25, 0.3) is 0 Å². The van der Waals surface area contributed by atoms with Crippen molar-refractivity contribution in [3.63, 3.8) is 0 Å². The summed E-state index contributed by atoms with van der Waals surface area (Å²) in [6, 6.07) is 64.4. The van der Waals surface area contributed by atoms with Gasteiger partial charge in [-0.15, -0.1) is 0 Å². The highest BCUT2D eigenvalue weighted by molar-refractivity contribution is 7.99. The highest BCUT2D eigenvalue weighted by Crippen LogP contribution is 2.62. The predicted octanol–water partition coefficient (Wildman–Crippen LogP) is 11.8. The van der Waals surface area contributed by atoms with Crippen molar-refractivity contribution in [2.75, 3.05) is 0 Å². The number of nitrogens with zero attached hydrogens (tertiary/aromatic N) is 3. The lowest BCUT2D eigenvalue weighted by Gasteiger charge is -2.40. The third-order valence-corrected chi connectivity index (χ3v) is 11.6. The Kier molecular flexibility index (Phi) is 7.02. The number of hydrogen-bond acceptors (Lipinski definition) is 4. The van der Waals surface area contributed by atoms with Gasteiger partial charge in [-0.05, 0) is 87.0 Å². The van der Waals surface area contributed by atoms with Gasteiger partial charge in [0.15, 0.2) is 5.82 Å². The van der Waals surface area contributed by atoms with Crippen LogP contribution < -0.4 is 0 Å². The first-order valence-corrected chi connectivity index (χ1v) is 18.2. The summed E-state index contributed by atoms with van der Waals surface area (Å²) < 4.78 is 0. The summed E-state index contributed by atoms with van der Waals surface area (Å²) in [5.74, 6) is 0.701. The first kappa shape index (κ1) is 30.3. The van der Waals surface area contributed by atoms with Crippen LogP contribution in [0.5, 0.6) is 0 Å². The summed E-state index contributed by atoms with van der Waals surface area (Å²) in [4.78, 5) is 12.8. The molecule has 8 aromatic rings. The average molecular weight is 680 g/mol. The van der Waals surface area contributed by atoms with Gasteiger partial charge in [0.2, 0.25) is 0 Å². The van der Waals surface area contributed by atoms with E-state index in [0.29, 0.717) is 11.4 Å². The lowest BCUT2D eigenvalue weighted by Crippen LogP contribution is -2.32. The van der Waals surface area contributed by atoms with Gasteiger partial charge < -0.3 is 0 Å². The molecule has 0 amide bonds. The second-order valence-corrected chi connectivity index (χ2v) is 14.3. The van der Waals surface area contributed by atoms with Crippen molar-refractivity contribution >= 4 is 11.8 Å². The first-order chi connectivity index (χ1) is 25.7. The van der Waals surface area contributed by atoms with Gasteiger partial charge in [0.05, 0.1) is 28.4 Å². The SMILES string of the molecule is N#Cc1ccc(-c2ccc3c(c2)C2(c4ccccc4S3)c3ccccc3-c3ccc(-c4cc(-c5ccccc5)nc(-c5ccccc5)n4)cc32)cc1. The van der Waals surface area contributed by atoms with Crippen LogP contribution in [-0.4, -0.2) is 9.97 Å². The number of fused-ring (bicyclic) bond motifs is 9. The van der Waals surface area contributed by atoms with E-state index in [1.165, 1.54) is 43.2 Å². The number of nitriles is 1. The lowest BCUT2D eigenvalue weighted by molar-refractivity contribution is 0.723. The maximum Gasteiger partial charge on any atom is 0.160 e. The van der Waals surface area contributed by atoms with Gasteiger partial charge in [-0.2, -0.15) is 5.26 Å². The monoisotopic (exact) mass is 679 g/mol. The molecular formula is C48H29N3S. The molecule has 3 nitrogen and oxygen atoms in total. The van der Waals surface area contributed by atoms with E-state index in [-0.39, 0.29) is 0 Å².